The van der Waals surface area contributed by atoms with Crippen LogP contribution in [-0.4, -0.2) is 36.9 Å². The van der Waals surface area contributed by atoms with Gasteiger partial charge in [-0.1, -0.05) is 24.3 Å². The molecular formula is C18H23NO4S. The van der Waals surface area contributed by atoms with E-state index < -0.39 is 21.4 Å². The van der Waals surface area contributed by atoms with Gasteiger partial charge in [-0.2, -0.15) is 4.31 Å². The van der Waals surface area contributed by atoms with Gasteiger partial charge in [0, 0.05) is 13.1 Å². The third-order valence-electron chi connectivity index (χ3n) is 5.22. The van der Waals surface area contributed by atoms with Crippen LogP contribution >= 0.6 is 0 Å². The molecule has 0 radical (unpaired) electrons. The zero-order chi connectivity index (χ0) is 17.4. The molecule has 1 aromatic carbocycles. The highest BCUT2D eigenvalue weighted by Crippen LogP contribution is 2.44. The van der Waals surface area contributed by atoms with Gasteiger partial charge in [0.05, 0.1) is 10.3 Å². The molecule has 0 aromatic heterocycles. The third kappa shape index (κ3) is 3.00. The van der Waals surface area contributed by atoms with Gasteiger partial charge in [0.15, 0.2) is 0 Å². The average Bonchev–Trinajstić information content (AvgIpc) is 3.40. The number of benzene rings is 1. The molecule has 0 bridgehead atoms. The first-order valence-electron chi connectivity index (χ1n) is 8.34. The van der Waals surface area contributed by atoms with Gasteiger partial charge >= 0.3 is 5.97 Å². The summed E-state index contributed by atoms with van der Waals surface area (Å²) in [4.78, 5) is 12.0. The molecule has 130 valence electrons. The van der Waals surface area contributed by atoms with Crippen LogP contribution in [0, 0.1) is 5.41 Å². The van der Waals surface area contributed by atoms with Crippen LogP contribution in [0.2, 0.25) is 0 Å². The fraction of sp³-hybridized carbons (Fsp3) is 0.500. The first-order valence-corrected chi connectivity index (χ1v) is 9.78. The summed E-state index contributed by atoms with van der Waals surface area (Å²) in [6.45, 7) is 4.12. The Morgan fingerprint density at radius 1 is 1.29 bits per heavy atom. The summed E-state index contributed by atoms with van der Waals surface area (Å²) in [5, 5.41) is 9.54. The van der Waals surface area contributed by atoms with E-state index in [1.165, 1.54) is 4.31 Å². The topological polar surface area (TPSA) is 74.7 Å². The van der Waals surface area contributed by atoms with E-state index in [0.717, 1.165) is 18.4 Å². The molecule has 5 nitrogen and oxygen atoms in total. The minimum atomic E-state index is -3.57. The Hall–Kier alpha value is -1.66. The van der Waals surface area contributed by atoms with Crippen LogP contribution in [0.5, 0.6) is 0 Å². The molecule has 24 heavy (non-hydrogen) atoms. The van der Waals surface area contributed by atoms with E-state index in [0.29, 0.717) is 30.1 Å². The van der Waals surface area contributed by atoms with Crippen molar-refractivity contribution >= 4 is 16.0 Å². The summed E-state index contributed by atoms with van der Waals surface area (Å²) in [5.41, 5.74) is 0.0164. The molecule has 1 saturated heterocycles. The molecule has 0 spiro atoms. The number of sulfonamides is 1. The molecule has 6 heteroatoms. The number of hydrogen-bond acceptors (Lipinski definition) is 3. The van der Waals surface area contributed by atoms with Crippen molar-refractivity contribution in [3.05, 3.63) is 42.5 Å². The Morgan fingerprint density at radius 3 is 2.46 bits per heavy atom. The Labute approximate surface area is 143 Å². The van der Waals surface area contributed by atoms with Gasteiger partial charge in [-0.3, -0.25) is 4.79 Å². The Balaban J connectivity index is 1.83. The van der Waals surface area contributed by atoms with Crippen molar-refractivity contribution in [3.8, 4) is 0 Å². The summed E-state index contributed by atoms with van der Waals surface area (Å²) < 4.78 is 27.5. The molecule has 0 unspecified atom stereocenters. The van der Waals surface area contributed by atoms with Gasteiger partial charge in [-0.05, 0) is 49.7 Å². The van der Waals surface area contributed by atoms with Crippen molar-refractivity contribution < 1.29 is 18.3 Å². The number of carboxylic acids is 1. The molecule has 1 aromatic rings. The third-order valence-corrected chi connectivity index (χ3v) is 7.19. The van der Waals surface area contributed by atoms with Crippen LogP contribution in [0.3, 0.4) is 0 Å². The minimum Gasteiger partial charge on any atom is -0.481 e. The van der Waals surface area contributed by atoms with Crippen molar-refractivity contribution in [2.24, 2.45) is 5.41 Å². The largest absolute Gasteiger partial charge is 0.481 e. The average molecular weight is 349 g/mol. The molecule has 2 aliphatic rings. The normalized spacial score (nSPS) is 21.3. The highest BCUT2D eigenvalue weighted by molar-refractivity contribution is 7.89. The SMILES string of the molecule is C=CCC1(C(=O)O)CCN(S(=O)(=O)c2ccccc2C2CC2)CC1. The van der Waals surface area contributed by atoms with E-state index in [2.05, 4.69) is 6.58 Å². The smallest absolute Gasteiger partial charge is 0.310 e. The van der Waals surface area contributed by atoms with Crippen LogP contribution in [0.15, 0.2) is 41.8 Å². The van der Waals surface area contributed by atoms with E-state index >= 15 is 0 Å². The Kier molecular flexibility index (Phi) is 4.53. The molecule has 1 aliphatic heterocycles. The van der Waals surface area contributed by atoms with E-state index in [1.807, 2.05) is 12.1 Å². The lowest BCUT2D eigenvalue weighted by atomic mass is 9.76. The maximum atomic E-state index is 13.0. The van der Waals surface area contributed by atoms with Gasteiger partial charge in [0.1, 0.15) is 0 Å². The van der Waals surface area contributed by atoms with Gasteiger partial charge in [-0.25, -0.2) is 8.42 Å². The maximum Gasteiger partial charge on any atom is 0.310 e. The van der Waals surface area contributed by atoms with Crippen molar-refractivity contribution in [1.82, 2.24) is 4.31 Å². The number of carbonyl (C=O) groups is 1. The van der Waals surface area contributed by atoms with E-state index in [9.17, 15) is 18.3 Å². The standard InChI is InChI=1S/C18H23NO4S/c1-2-9-18(17(20)21)10-12-19(13-11-18)24(22,23)16-6-4-3-5-15(16)14-7-8-14/h2-6,14H,1,7-13H2,(H,20,21). The second-order valence-corrected chi connectivity index (χ2v) is 8.70. The van der Waals surface area contributed by atoms with Crippen LogP contribution in [0.25, 0.3) is 0 Å². The van der Waals surface area contributed by atoms with Gasteiger partial charge in [0.25, 0.3) is 0 Å². The van der Waals surface area contributed by atoms with Crippen LogP contribution in [-0.2, 0) is 14.8 Å². The first kappa shape index (κ1) is 17.2. The Bertz CT molecular complexity index is 744. The van der Waals surface area contributed by atoms with Gasteiger partial charge < -0.3 is 5.11 Å². The lowest BCUT2D eigenvalue weighted by molar-refractivity contribution is -0.151. The van der Waals surface area contributed by atoms with Gasteiger partial charge in [0.2, 0.25) is 10.0 Å². The fourth-order valence-electron chi connectivity index (χ4n) is 3.52. The monoisotopic (exact) mass is 349 g/mol. The number of rotatable bonds is 6. The summed E-state index contributed by atoms with van der Waals surface area (Å²) >= 11 is 0. The van der Waals surface area contributed by atoms with Crippen LogP contribution < -0.4 is 0 Å². The van der Waals surface area contributed by atoms with Crippen molar-refractivity contribution in [2.45, 2.75) is 42.9 Å². The van der Waals surface area contributed by atoms with Crippen molar-refractivity contribution in [2.75, 3.05) is 13.1 Å². The molecule has 0 amide bonds. The second-order valence-electron chi connectivity index (χ2n) is 6.79. The molecule has 2 fully saturated rings. The molecule has 0 atom stereocenters. The fourth-order valence-corrected chi connectivity index (χ4v) is 5.25. The van der Waals surface area contributed by atoms with E-state index in [-0.39, 0.29) is 13.1 Å². The van der Waals surface area contributed by atoms with Crippen molar-refractivity contribution in [1.29, 1.82) is 0 Å². The summed E-state index contributed by atoms with van der Waals surface area (Å²) in [6, 6.07) is 7.20. The molecule has 1 N–H and O–H groups in total. The number of allylic oxidation sites excluding steroid dienone is 1. The zero-order valence-electron chi connectivity index (χ0n) is 13.6. The molecular weight excluding hydrogens is 326 g/mol. The lowest BCUT2D eigenvalue weighted by Crippen LogP contribution is -2.46. The molecule has 3 rings (SSSR count). The Morgan fingerprint density at radius 2 is 1.92 bits per heavy atom. The lowest BCUT2D eigenvalue weighted by Gasteiger charge is -2.37. The number of nitrogens with zero attached hydrogens (tertiary/aromatic N) is 1. The van der Waals surface area contributed by atoms with E-state index in [4.69, 9.17) is 0 Å². The van der Waals surface area contributed by atoms with E-state index in [1.54, 1.807) is 18.2 Å². The number of carboxylic acid groups (broad SMARTS) is 1. The highest BCUT2D eigenvalue weighted by atomic mass is 32.2. The first-order chi connectivity index (χ1) is 11.4. The number of hydrogen-bond donors (Lipinski definition) is 1. The molecule has 1 heterocycles. The summed E-state index contributed by atoms with van der Waals surface area (Å²) in [6.07, 6.45) is 4.69. The second kappa shape index (κ2) is 6.33. The predicted octanol–water partition coefficient (Wildman–Crippen LogP) is 3.00. The minimum absolute atomic E-state index is 0.238. The molecule has 1 aliphatic carbocycles. The van der Waals surface area contributed by atoms with Crippen LogP contribution in [0.4, 0.5) is 0 Å². The summed E-state index contributed by atoms with van der Waals surface area (Å²) in [7, 11) is -3.57. The van der Waals surface area contributed by atoms with Crippen molar-refractivity contribution in [3.63, 3.8) is 0 Å². The summed E-state index contributed by atoms with van der Waals surface area (Å²) in [5.74, 6) is -0.516. The highest BCUT2D eigenvalue weighted by Gasteiger charge is 2.43. The van der Waals surface area contributed by atoms with Crippen LogP contribution in [0.1, 0.15) is 43.6 Å². The maximum absolute atomic E-state index is 13.0. The predicted molar refractivity (Wildman–Crippen MR) is 91.3 cm³/mol. The zero-order valence-corrected chi connectivity index (χ0v) is 14.5. The number of aliphatic carboxylic acids is 1. The van der Waals surface area contributed by atoms with Gasteiger partial charge in [-0.15, -0.1) is 6.58 Å². The quantitative estimate of drug-likeness (QED) is 0.801. The molecule has 1 saturated carbocycles. The number of piperidine rings is 1.